The van der Waals surface area contributed by atoms with Gasteiger partial charge in [0.2, 0.25) is 0 Å². The van der Waals surface area contributed by atoms with E-state index in [1.807, 2.05) is 49.3 Å². The quantitative estimate of drug-likeness (QED) is 0.526. The average Bonchev–Trinajstić information content (AvgIpc) is 2.47. The van der Waals surface area contributed by atoms with Crippen LogP contribution in [0.5, 0.6) is 0 Å². The Bertz CT molecular complexity index is 665. The van der Waals surface area contributed by atoms with E-state index in [-0.39, 0.29) is 5.84 Å². The summed E-state index contributed by atoms with van der Waals surface area (Å²) in [6.45, 7) is 0. The topological polar surface area (TPSA) is 66.9 Å². The van der Waals surface area contributed by atoms with E-state index < -0.39 is 0 Å². The summed E-state index contributed by atoms with van der Waals surface area (Å²) in [5.74, 6) is 0.288. The number of nitrogens with two attached hydrogens (primary N) is 1. The van der Waals surface area contributed by atoms with Crippen molar-refractivity contribution in [3.63, 3.8) is 0 Å². The predicted molar refractivity (Wildman–Crippen MR) is 91.0 cm³/mol. The van der Waals surface area contributed by atoms with E-state index >= 15 is 0 Å². The Balaban J connectivity index is 2.13. The number of pyridine rings is 1. The van der Waals surface area contributed by atoms with Gasteiger partial charge in [-0.1, -0.05) is 12.1 Å². The smallest absolute Gasteiger partial charge is 0.171 e. The van der Waals surface area contributed by atoms with Crippen molar-refractivity contribution < 1.29 is 0 Å². The van der Waals surface area contributed by atoms with Gasteiger partial charge in [-0.2, -0.15) is 5.10 Å². The average molecular weight is 346 g/mol. The van der Waals surface area contributed by atoms with Crippen molar-refractivity contribution in [3.8, 4) is 0 Å². The fourth-order valence-corrected chi connectivity index (χ4v) is 2.44. The second kappa shape index (κ2) is 6.99. The first-order valence-corrected chi connectivity index (χ1v) is 7.12. The lowest BCUT2D eigenvalue weighted by Crippen LogP contribution is -2.14. The van der Waals surface area contributed by atoms with Crippen LogP contribution in [0.15, 0.2) is 57.3 Å². The van der Waals surface area contributed by atoms with Gasteiger partial charge in [-0.25, -0.2) is 0 Å². The van der Waals surface area contributed by atoms with Crippen molar-refractivity contribution in [2.24, 2.45) is 15.9 Å². The number of nitrogens with zero attached hydrogens (tertiary/aromatic N) is 4. The molecule has 0 atom stereocenters. The van der Waals surface area contributed by atoms with Gasteiger partial charge in [0.15, 0.2) is 5.84 Å². The summed E-state index contributed by atoms with van der Waals surface area (Å²) in [6, 6.07) is 11.4. The molecule has 0 spiro atoms. The van der Waals surface area contributed by atoms with E-state index in [9.17, 15) is 0 Å². The molecule has 1 aromatic carbocycles. The number of hydrogen-bond donors (Lipinski definition) is 1. The molecule has 0 aliphatic carbocycles. The van der Waals surface area contributed by atoms with Gasteiger partial charge in [-0.3, -0.25) is 4.98 Å². The van der Waals surface area contributed by atoms with Gasteiger partial charge in [0.1, 0.15) is 5.69 Å². The van der Waals surface area contributed by atoms with Crippen LogP contribution in [-0.4, -0.2) is 31.1 Å². The zero-order valence-electron chi connectivity index (χ0n) is 11.9. The lowest BCUT2D eigenvalue weighted by molar-refractivity contribution is 1.12. The van der Waals surface area contributed by atoms with Crippen molar-refractivity contribution in [1.29, 1.82) is 0 Å². The molecule has 0 aliphatic rings. The molecule has 108 valence electrons. The molecule has 0 amide bonds. The predicted octanol–water partition coefficient (Wildman–Crippen LogP) is 2.65. The van der Waals surface area contributed by atoms with Crippen molar-refractivity contribution in [2.75, 3.05) is 19.0 Å². The second-order valence-electron chi connectivity index (χ2n) is 4.55. The summed E-state index contributed by atoms with van der Waals surface area (Å²) in [6.07, 6.45) is 3.32. The number of aromatic nitrogens is 1. The zero-order chi connectivity index (χ0) is 15.2. The first kappa shape index (κ1) is 15.2. The molecule has 2 rings (SSSR count). The SMILES string of the molecule is CN(C)c1ccc(C=NN=C(N)c2ccccn2)cc1Br. The van der Waals surface area contributed by atoms with E-state index in [1.54, 1.807) is 18.5 Å². The van der Waals surface area contributed by atoms with Crippen LogP contribution in [0.2, 0.25) is 0 Å². The standard InChI is InChI=1S/C15H16BrN5/c1-21(2)14-7-6-11(9-12(14)16)10-19-20-15(17)13-5-3-4-8-18-13/h3-10H,1-2H3,(H2,17,20). The fraction of sp³-hybridized carbons (Fsp3) is 0.133. The lowest BCUT2D eigenvalue weighted by Gasteiger charge is -2.14. The fourth-order valence-electron chi connectivity index (χ4n) is 1.69. The molecule has 21 heavy (non-hydrogen) atoms. The lowest BCUT2D eigenvalue weighted by atomic mass is 10.2. The first-order chi connectivity index (χ1) is 10.1. The molecule has 2 aromatic rings. The largest absolute Gasteiger partial charge is 0.380 e. The number of rotatable bonds is 4. The van der Waals surface area contributed by atoms with Crippen LogP contribution in [0.3, 0.4) is 0 Å². The van der Waals surface area contributed by atoms with Crippen LogP contribution in [0.25, 0.3) is 0 Å². The van der Waals surface area contributed by atoms with Crippen molar-refractivity contribution >= 4 is 33.7 Å². The third-order valence-electron chi connectivity index (χ3n) is 2.75. The minimum absolute atomic E-state index is 0.288. The highest BCUT2D eigenvalue weighted by atomic mass is 79.9. The molecule has 6 heteroatoms. The van der Waals surface area contributed by atoms with E-state index in [1.165, 1.54) is 0 Å². The third kappa shape index (κ3) is 4.13. The minimum Gasteiger partial charge on any atom is -0.380 e. The van der Waals surface area contributed by atoms with Gasteiger partial charge in [0, 0.05) is 24.8 Å². The van der Waals surface area contributed by atoms with E-state index in [0.717, 1.165) is 15.7 Å². The Kier molecular flexibility index (Phi) is 5.05. The van der Waals surface area contributed by atoms with Gasteiger partial charge in [-0.05, 0) is 45.8 Å². The Labute approximate surface area is 132 Å². The normalized spacial score (nSPS) is 11.9. The highest BCUT2D eigenvalue weighted by Crippen LogP contribution is 2.25. The Morgan fingerprint density at radius 1 is 1.29 bits per heavy atom. The summed E-state index contributed by atoms with van der Waals surface area (Å²) < 4.78 is 0.998. The van der Waals surface area contributed by atoms with Gasteiger partial charge in [0.25, 0.3) is 0 Å². The molecule has 0 bridgehead atoms. The maximum Gasteiger partial charge on any atom is 0.171 e. The number of anilines is 1. The molecular weight excluding hydrogens is 330 g/mol. The maximum absolute atomic E-state index is 5.81. The van der Waals surface area contributed by atoms with Crippen LogP contribution in [-0.2, 0) is 0 Å². The Hall–Kier alpha value is -2.21. The van der Waals surface area contributed by atoms with Gasteiger partial charge >= 0.3 is 0 Å². The minimum atomic E-state index is 0.288. The molecular formula is C15H16BrN5. The van der Waals surface area contributed by atoms with Crippen LogP contribution >= 0.6 is 15.9 Å². The number of amidine groups is 1. The van der Waals surface area contributed by atoms with Gasteiger partial charge < -0.3 is 10.6 Å². The highest BCUT2D eigenvalue weighted by Gasteiger charge is 2.02. The zero-order valence-corrected chi connectivity index (χ0v) is 13.4. The summed E-state index contributed by atoms with van der Waals surface area (Å²) in [4.78, 5) is 6.14. The molecule has 5 nitrogen and oxygen atoms in total. The summed E-state index contributed by atoms with van der Waals surface area (Å²) >= 11 is 3.53. The summed E-state index contributed by atoms with van der Waals surface area (Å²) in [5.41, 5.74) is 8.46. The molecule has 1 aromatic heterocycles. The van der Waals surface area contributed by atoms with Crippen LogP contribution in [0.1, 0.15) is 11.3 Å². The molecule has 0 unspecified atom stereocenters. The second-order valence-corrected chi connectivity index (χ2v) is 5.40. The molecule has 2 N–H and O–H groups in total. The third-order valence-corrected chi connectivity index (χ3v) is 3.39. The maximum atomic E-state index is 5.81. The monoisotopic (exact) mass is 345 g/mol. The van der Waals surface area contributed by atoms with E-state index in [2.05, 4.69) is 31.1 Å². The molecule has 0 aliphatic heterocycles. The summed E-state index contributed by atoms with van der Waals surface area (Å²) in [7, 11) is 3.98. The van der Waals surface area contributed by atoms with Crippen molar-refractivity contribution in [2.45, 2.75) is 0 Å². The van der Waals surface area contributed by atoms with Crippen molar-refractivity contribution in [1.82, 2.24) is 4.98 Å². The van der Waals surface area contributed by atoms with Crippen LogP contribution < -0.4 is 10.6 Å². The highest BCUT2D eigenvalue weighted by molar-refractivity contribution is 9.10. The number of benzene rings is 1. The Morgan fingerprint density at radius 3 is 2.71 bits per heavy atom. The number of hydrogen-bond acceptors (Lipinski definition) is 4. The van der Waals surface area contributed by atoms with E-state index in [0.29, 0.717) is 5.69 Å². The van der Waals surface area contributed by atoms with Gasteiger partial charge in [0.05, 0.1) is 11.9 Å². The van der Waals surface area contributed by atoms with E-state index in [4.69, 9.17) is 5.73 Å². The molecule has 0 radical (unpaired) electrons. The molecule has 0 fully saturated rings. The number of halogens is 1. The van der Waals surface area contributed by atoms with Crippen molar-refractivity contribution in [3.05, 3.63) is 58.3 Å². The summed E-state index contributed by atoms with van der Waals surface area (Å²) in [5, 5.41) is 7.95. The van der Waals surface area contributed by atoms with Crippen LogP contribution in [0, 0.1) is 0 Å². The van der Waals surface area contributed by atoms with Gasteiger partial charge in [-0.15, -0.1) is 5.10 Å². The molecule has 0 saturated carbocycles. The molecule has 0 saturated heterocycles. The first-order valence-electron chi connectivity index (χ1n) is 6.32. The molecule has 1 heterocycles. The Morgan fingerprint density at radius 2 is 2.10 bits per heavy atom. The van der Waals surface area contributed by atoms with Crippen LogP contribution in [0.4, 0.5) is 5.69 Å².